The maximum absolute atomic E-state index is 8.56. The van der Waals surface area contributed by atoms with E-state index in [1.165, 1.54) is 0 Å². The summed E-state index contributed by atoms with van der Waals surface area (Å²) in [6.07, 6.45) is 0. The van der Waals surface area contributed by atoms with Crippen molar-refractivity contribution in [2.75, 3.05) is 173 Å². The molecular weight excluding hydrogens is 518 g/mol. The lowest BCUT2D eigenvalue weighted by molar-refractivity contribution is -0.0279. The third-order valence-corrected chi connectivity index (χ3v) is 4.64. The fourth-order valence-corrected chi connectivity index (χ4v) is 2.61. The lowest BCUT2D eigenvalue weighted by Crippen LogP contribution is -2.19. The van der Waals surface area contributed by atoms with Crippen molar-refractivity contribution < 1.29 is 57.2 Å². The minimum absolute atomic E-state index is 0.0277. The van der Waals surface area contributed by atoms with Crippen LogP contribution in [0.1, 0.15) is 0 Å². The van der Waals surface area contributed by atoms with Crippen LogP contribution in [-0.4, -0.2) is 183 Å². The number of aliphatic hydroxyl groups is 1. The molecule has 236 valence electrons. The molecule has 0 unspecified atom stereocenters. The van der Waals surface area contributed by atoms with Crippen LogP contribution in [0.15, 0.2) is 0 Å². The minimum atomic E-state index is 0.0277. The topological polar surface area (TPSA) is 125 Å². The summed E-state index contributed by atoms with van der Waals surface area (Å²) in [5.74, 6) is 0. The SMILES string of the molecule is CN(C)CCOCCOCCOCCOCCOCCOCCOCCOCCOCCOCCOCCO. The molecule has 13 nitrogen and oxygen atoms in total. The standard InChI is InChI=1S/C26H55NO12/c1-27(2)3-5-29-7-9-31-11-13-33-15-17-35-19-21-37-23-25-39-26-24-38-22-20-36-18-16-34-14-12-32-10-8-30-6-4-28/h28H,3-26H2,1-2H3. The molecule has 0 saturated carbocycles. The molecule has 0 spiro atoms. The molecule has 0 rings (SSSR count). The van der Waals surface area contributed by atoms with Gasteiger partial charge < -0.3 is 62.1 Å². The molecule has 0 atom stereocenters. The van der Waals surface area contributed by atoms with E-state index in [0.717, 1.165) is 13.2 Å². The smallest absolute Gasteiger partial charge is 0.0701 e. The maximum Gasteiger partial charge on any atom is 0.0701 e. The molecule has 0 aromatic rings. The first-order valence-corrected chi connectivity index (χ1v) is 13.9. The van der Waals surface area contributed by atoms with E-state index in [2.05, 4.69) is 4.90 Å². The Kier molecular flexibility index (Phi) is 35.0. The summed E-state index contributed by atoms with van der Waals surface area (Å²) in [6.45, 7) is 12.5. The number of nitrogens with zero attached hydrogens (tertiary/aromatic N) is 1. The Morgan fingerprint density at radius 3 is 0.667 bits per heavy atom. The van der Waals surface area contributed by atoms with Gasteiger partial charge in [0.2, 0.25) is 0 Å². The van der Waals surface area contributed by atoms with Crippen LogP contribution in [0.5, 0.6) is 0 Å². The highest BCUT2D eigenvalue weighted by Crippen LogP contribution is 1.87. The molecule has 0 amide bonds. The van der Waals surface area contributed by atoms with E-state index in [1.54, 1.807) is 0 Å². The highest BCUT2D eigenvalue weighted by atomic mass is 16.6. The molecule has 0 fully saturated rings. The fraction of sp³-hybridized carbons (Fsp3) is 1.00. The quantitative estimate of drug-likeness (QED) is 0.100. The van der Waals surface area contributed by atoms with E-state index >= 15 is 0 Å². The fourth-order valence-electron chi connectivity index (χ4n) is 2.61. The Morgan fingerprint density at radius 1 is 0.308 bits per heavy atom. The first kappa shape index (κ1) is 38.5. The third kappa shape index (κ3) is 37.5. The number of hydrogen-bond acceptors (Lipinski definition) is 13. The van der Waals surface area contributed by atoms with Gasteiger partial charge >= 0.3 is 0 Å². The van der Waals surface area contributed by atoms with Crippen LogP contribution in [0.4, 0.5) is 0 Å². The van der Waals surface area contributed by atoms with Gasteiger partial charge in [-0.25, -0.2) is 0 Å². The Labute approximate surface area is 235 Å². The monoisotopic (exact) mass is 573 g/mol. The van der Waals surface area contributed by atoms with Gasteiger partial charge in [-0.15, -0.1) is 0 Å². The van der Waals surface area contributed by atoms with Gasteiger partial charge in [-0.3, -0.25) is 0 Å². The van der Waals surface area contributed by atoms with Crippen molar-refractivity contribution in [3.05, 3.63) is 0 Å². The Morgan fingerprint density at radius 2 is 0.487 bits per heavy atom. The molecule has 0 saturated heterocycles. The molecule has 0 bridgehead atoms. The van der Waals surface area contributed by atoms with E-state index in [1.807, 2.05) is 14.1 Å². The van der Waals surface area contributed by atoms with Crippen LogP contribution in [0, 0.1) is 0 Å². The zero-order chi connectivity index (χ0) is 28.3. The van der Waals surface area contributed by atoms with Gasteiger partial charge in [-0.1, -0.05) is 0 Å². The van der Waals surface area contributed by atoms with Gasteiger partial charge in [0.25, 0.3) is 0 Å². The van der Waals surface area contributed by atoms with Gasteiger partial charge in [0, 0.05) is 6.54 Å². The summed E-state index contributed by atoms with van der Waals surface area (Å²) in [6, 6.07) is 0. The largest absolute Gasteiger partial charge is 0.394 e. The average molecular weight is 574 g/mol. The predicted octanol–water partition coefficient (Wildman–Crippen LogP) is -0.277. The summed E-state index contributed by atoms with van der Waals surface area (Å²) >= 11 is 0. The number of likely N-dealkylation sites (N-methyl/N-ethyl adjacent to an activating group) is 1. The van der Waals surface area contributed by atoms with Crippen molar-refractivity contribution in [3.63, 3.8) is 0 Å². The van der Waals surface area contributed by atoms with Gasteiger partial charge in [0.1, 0.15) is 0 Å². The van der Waals surface area contributed by atoms with Gasteiger partial charge in [0.15, 0.2) is 0 Å². The van der Waals surface area contributed by atoms with Crippen molar-refractivity contribution in [2.24, 2.45) is 0 Å². The highest BCUT2D eigenvalue weighted by molar-refractivity contribution is 4.41. The first-order valence-electron chi connectivity index (χ1n) is 13.9. The average Bonchev–Trinajstić information content (AvgIpc) is 2.93. The lowest BCUT2D eigenvalue weighted by Gasteiger charge is -2.10. The van der Waals surface area contributed by atoms with Crippen LogP contribution in [0.25, 0.3) is 0 Å². The van der Waals surface area contributed by atoms with Crippen LogP contribution in [0.2, 0.25) is 0 Å². The molecule has 0 heterocycles. The molecular formula is C26H55NO12. The van der Waals surface area contributed by atoms with E-state index in [9.17, 15) is 0 Å². The normalized spacial score (nSPS) is 11.7. The Hall–Kier alpha value is -0.520. The third-order valence-electron chi connectivity index (χ3n) is 4.64. The molecule has 13 heteroatoms. The summed E-state index contributed by atoms with van der Waals surface area (Å²) in [7, 11) is 4.04. The van der Waals surface area contributed by atoms with Crippen molar-refractivity contribution in [1.29, 1.82) is 0 Å². The zero-order valence-corrected chi connectivity index (χ0v) is 24.4. The van der Waals surface area contributed by atoms with E-state index in [4.69, 9.17) is 57.2 Å². The second-order valence-electron chi connectivity index (χ2n) is 8.26. The van der Waals surface area contributed by atoms with Crippen LogP contribution in [0.3, 0.4) is 0 Å². The van der Waals surface area contributed by atoms with E-state index in [-0.39, 0.29) is 6.61 Å². The molecule has 0 aromatic carbocycles. The highest BCUT2D eigenvalue weighted by Gasteiger charge is 1.96. The van der Waals surface area contributed by atoms with Crippen LogP contribution >= 0.6 is 0 Å². The number of hydrogen-bond donors (Lipinski definition) is 1. The Balaban J connectivity index is 3.02. The molecule has 0 aliphatic carbocycles. The molecule has 0 aromatic heterocycles. The van der Waals surface area contributed by atoms with Crippen LogP contribution in [-0.2, 0) is 52.1 Å². The first-order chi connectivity index (χ1) is 19.3. The van der Waals surface area contributed by atoms with Crippen molar-refractivity contribution in [2.45, 2.75) is 0 Å². The van der Waals surface area contributed by atoms with Crippen molar-refractivity contribution >= 4 is 0 Å². The van der Waals surface area contributed by atoms with Crippen LogP contribution < -0.4 is 0 Å². The maximum atomic E-state index is 8.56. The second kappa shape index (κ2) is 35.5. The summed E-state index contributed by atoms with van der Waals surface area (Å²) in [4.78, 5) is 2.08. The molecule has 0 radical (unpaired) electrons. The summed E-state index contributed by atoms with van der Waals surface area (Å²) in [5.41, 5.74) is 0. The molecule has 0 aliphatic heterocycles. The van der Waals surface area contributed by atoms with Gasteiger partial charge in [0.05, 0.1) is 152 Å². The zero-order valence-electron chi connectivity index (χ0n) is 24.4. The Bertz CT molecular complexity index is 438. The van der Waals surface area contributed by atoms with E-state index < -0.39 is 0 Å². The number of ether oxygens (including phenoxy) is 11. The predicted molar refractivity (Wildman–Crippen MR) is 145 cm³/mol. The van der Waals surface area contributed by atoms with E-state index in [0.29, 0.717) is 139 Å². The molecule has 0 aliphatic rings. The number of rotatable bonds is 35. The van der Waals surface area contributed by atoms with Gasteiger partial charge in [-0.2, -0.15) is 0 Å². The minimum Gasteiger partial charge on any atom is -0.394 e. The second-order valence-corrected chi connectivity index (χ2v) is 8.26. The molecule has 39 heavy (non-hydrogen) atoms. The van der Waals surface area contributed by atoms with Gasteiger partial charge in [-0.05, 0) is 14.1 Å². The molecule has 1 N–H and O–H groups in total. The lowest BCUT2D eigenvalue weighted by atomic mass is 10.6. The summed E-state index contributed by atoms with van der Waals surface area (Å²) in [5, 5.41) is 8.56. The number of aliphatic hydroxyl groups excluding tert-OH is 1. The van der Waals surface area contributed by atoms with Crippen molar-refractivity contribution in [3.8, 4) is 0 Å². The summed E-state index contributed by atoms with van der Waals surface area (Å²) < 4.78 is 59.4. The van der Waals surface area contributed by atoms with Crippen molar-refractivity contribution in [1.82, 2.24) is 4.90 Å².